The third-order valence-corrected chi connectivity index (χ3v) is 6.89. The molecular weight excluding hydrogens is 384 g/mol. The van der Waals surface area contributed by atoms with Gasteiger partial charge in [-0.1, -0.05) is 32.0 Å². The quantitative estimate of drug-likeness (QED) is 0.533. The van der Waals surface area contributed by atoms with Crippen molar-refractivity contribution in [2.45, 2.75) is 46.5 Å². The molecule has 2 heterocycles. The first kappa shape index (κ1) is 21.6. The molecule has 164 valence electrons. The Kier molecular flexibility index (Phi) is 6.19. The maximum Gasteiger partial charge on any atom is 0.335 e. The van der Waals surface area contributed by atoms with Gasteiger partial charge in [0.25, 0.3) is 0 Å². The number of rotatable bonds is 6. The van der Waals surface area contributed by atoms with Crippen LogP contribution >= 0.6 is 0 Å². The van der Waals surface area contributed by atoms with E-state index in [2.05, 4.69) is 49.7 Å². The molecule has 1 aliphatic heterocycles. The van der Waals surface area contributed by atoms with Crippen molar-refractivity contribution in [1.29, 1.82) is 0 Å². The summed E-state index contributed by atoms with van der Waals surface area (Å²) in [5.74, 6) is 0.729. The van der Waals surface area contributed by atoms with Crippen LogP contribution in [0.3, 0.4) is 0 Å². The molecule has 4 rings (SSSR count). The summed E-state index contributed by atoms with van der Waals surface area (Å²) in [5, 5.41) is 10.6. The van der Waals surface area contributed by atoms with E-state index >= 15 is 0 Å². The first-order valence-corrected chi connectivity index (χ1v) is 11.4. The molecular formula is C27H34N2O2. The fourth-order valence-corrected chi connectivity index (χ4v) is 5.42. The van der Waals surface area contributed by atoms with Crippen molar-refractivity contribution in [3.8, 4) is 0 Å². The molecule has 3 aromatic rings. The van der Waals surface area contributed by atoms with Crippen LogP contribution in [0.15, 0.2) is 42.6 Å². The number of piperidine rings is 1. The number of H-pyrrole nitrogens is 1. The zero-order chi connectivity index (χ0) is 22.1. The number of carboxylic acid groups (broad SMARTS) is 1. The first-order valence-electron chi connectivity index (χ1n) is 11.4. The molecule has 0 amide bonds. The minimum absolute atomic E-state index is 0.360. The lowest BCUT2D eigenvalue weighted by Gasteiger charge is -2.40. The van der Waals surface area contributed by atoms with Crippen molar-refractivity contribution < 1.29 is 9.90 Å². The van der Waals surface area contributed by atoms with Crippen LogP contribution in [0, 0.1) is 25.7 Å². The molecule has 1 fully saturated rings. The fraction of sp³-hybridized carbons (Fsp3) is 0.444. The number of nitrogens with zero attached hydrogens (tertiary/aromatic N) is 1. The molecule has 2 N–H and O–H groups in total. The average molecular weight is 419 g/mol. The fourth-order valence-electron chi connectivity index (χ4n) is 5.42. The van der Waals surface area contributed by atoms with E-state index in [1.165, 1.54) is 33.2 Å². The Morgan fingerprint density at radius 3 is 2.58 bits per heavy atom. The summed E-state index contributed by atoms with van der Waals surface area (Å²) in [6.45, 7) is 12.3. The van der Waals surface area contributed by atoms with Gasteiger partial charge in [-0.25, -0.2) is 4.79 Å². The topological polar surface area (TPSA) is 56.3 Å². The molecule has 0 unspecified atom stereocenters. The summed E-state index contributed by atoms with van der Waals surface area (Å²) in [6.07, 6.45) is 4.27. The van der Waals surface area contributed by atoms with Crippen LogP contribution in [0.2, 0.25) is 0 Å². The molecule has 0 spiro atoms. The number of aryl methyl sites for hydroxylation is 2. The van der Waals surface area contributed by atoms with Crippen LogP contribution in [0.4, 0.5) is 0 Å². The Hall–Kier alpha value is -2.59. The minimum Gasteiger partial charge on any atom is -0.478 e. The highest BCUT2D eigenvalue weighted by Gasteiger charge is 2.31. The molecule has 0 saturated carbocycles. The van der Waals surface area contributed by atoms with Crippen molar-refractivity contribution in [1.82, 2.24) is 9.88 Å². The van der Waals surface area contributed by atoms with E-state index in [1.54, 1.807) is 12.1 Å². The maximum absolute atomic E-state index is 11.3. The lowest BCUT2D eigenvalue weighted by atomic mass is 9.76. The first-order chi connectivity index (χ1) is 14.8. The molecule has 1 aliphatic rings. The lowest BCUT2D eigenvalue weighted by molar-refractivity contribution is 0.0697. The Morgan fingerprint density at radius 1 is 1.16 bits per heavy atom. The molecule has 0 aliphatic carbocycles. The van der Waals surface area contributed by atoms with Crippen LogP contribution in [0.25, 0.3) is 10.9 Å². The molecule has 2 atom stereocenters. The zero-order valence-corrected chi connectivity index (χ0v) is 19.1. The standard InChI is InChI=1S/C27H34N2O2/c1-17(2)15-29-12-10-22(25(16-29)20-5-7-21(8-6-20)27(30)31)14-24-18(3)13-19(4)26-23(24)9-11-28-26/h5-9,11,13,17,22,25,28H,10,12,14-16H2,1-4H3,(H,30,31)/t22-,25-/m0/s1. The van der Waals surface area contributed by atoms with Gasteiger partial charge in [0.05, 0.1) is 5.56 Å². The lowest BCUT2D eigenvalue weighted by Crippen LogP contribution is -2.41. The number of aromatic amines is 1. The zero-order valence-electron chi connectivity index (χ0n) is 19.1. The third-order valence-electron chi connectivity index (χ3n) is 6.89. The number of benzene rings is 2. The van der Waals surface area contributed by atoms with Crippen molar-refractivity contribution in [3.05, 3.63) is 70.4 Å². The SMILES string of the molecule is Cc1cc(C)c2[nH]ccc2c1C[C@@H]1CCN(CC(C)C)C[C@H]1c1ccc(C(=O)O)cc1. The predicted molar refractivity (Wildman–Crippen MR) is 127 cm³/mol. The minimum atomic E-state index is -0.863. The number of carbonyl (C=O) groups is 1. The normalized spacial score (nSPS) is 19.9. The molecule has 4 heteroatoms. The van der Waals surface area contributed by atoms with E-state index in [-0.39, 0.29) is 0 Å². The molecule has 1 saturated heterocycles. The van der Waals surface area contributed by atoms with Crippen LogP contribution in [-0.2, 0) is 6.42 Å². The Labute approximate surface area is 185 Å². The van der Waals surface area contributed by atoms with E-state index in [0.29, 0.717) is 23.3 Å². The summed E-state index contributed by atoms with van der Waals surface area (Å²) in [4.78, 5) is 17.3. The third kappa shape index (κ3) is 4.54. The highest BCUT2D eigenvalue weighted by atomic mass is 16.4. The maximum atomic E-state index is 11.3. The predicted octanol–water partition coefficient (Wildman–Crippen LogP) is 5.79. The number of hydrogen-bond donors (Lipinski definition) is 2. The number of likely N-dealkylation sites (tertiary alicyclic amines) is 1. The summed E-state index contributed by atoms with van der Waals surface area (Å²) in [5.41, 5.74) is 7.00. The second-order valence-electron chi connectivity index (χ2n) is 9.70. The molecule has 31 heavy (non-hydrogen) atoms. The molecule has 2 aromatic carbocycles. The van der Waals surface area contributed by atoms with Crippen LogP contribution in [0.1, 0.15) is 58.8 Å². The van der Waals surface area contributed by atoms with Gasteiger partial charge in [-0.15, -0.1) is 0 Å². The Balaban J connectivity index is 1.66. The van der Waals surface area contributed by atoms with Gasteiger partial charge in [0.1, 0.15) is 0 Å². The van der Waals surface area contributed by atoms with Gasteiger partial charge in [0.15, 0.2) is 0 Å². The smallest absolute Gasteiger partial charge is 0.335 e. The van der Waals surface area contributed by atoms with Crippen LogP contribution in [0.5, 0.6) is 0 Å². The molecule has 0 bridgehead atoms. The molecule has 1 aromatic heterocycles. The number of nitrogens with one attached hydrogen (secondary N) is 1. The largest absolute Gasteiger partial charge is 0.478 e. The summed E-state index contributed by atoms with van der Waals surface area (Å²) >= 11 is 0. The van der Waals surface area contributed by atoms with E-state index < -0.39 is 5.97 Å². The molecule has 4 nitrogen and oxygen atoms in total. The van der Waals surface area contributed by atoms with Gasteiger partial charge in [0.2, 0.25) is 0 Å². The summed E-state index contributed by atoms with van der Waals surface area (Å²) in [7, 11) is 0. The Bertz CT molecular complexity index is 1060. The van der Waals surface area contributed by atoms with E-state index in [9.17, 15) is 9.90 Å². The number of hydrogen-bond acceptors (Lipinski definition) is 2. The van der Waals surface area contributed by atoms with E-state index in [0.717, 1.165) is 32.5 Å². The number of aromatic carboxylic acids is 1. The monoisotopic (exact) mass is 418 g/mol. The number of carboxylic acids is 1. The van der Waals surface area contributed by atoms with Crippen molar-refractivity contribution >= 4 is 16.9 Å². The van der Waals surface area contributed by atoms with Gasteiger partial charge in [0, 0.05) is 30.2 Å². The average Bonchev–Trinajstić information content (AvgIpc) is 3.22. The second kappa shape index (κ2) is 8.88. The van der Waals surface area contributed by atoms with Crippen LogP contribution in [-0.4, -0.2) is 40.6 Å². The van der Waals surface area contributed by atoms with E-state index in [1.807, 2.05) is 18.3 Å². The summed E-state index contributed by atoms with van der Waals surface area (Å²) in [6, 6.07) is 12.1. The van der Waals surface area contributed by atoms with Crippen LogP contribution < -0.4 is 0 Å². The van der Waals surface area contributed by atoms with Gasteiger partial charge < -0.3 is 15.0 Å². The van der Waals surface area contributed by atoms with Gasteiger partial charge in [-0.05, 0) is 91.4 Å². The van der Waals surface area contributed by atoms with Gasteiger partial charge >= 0.3 is 5.97 Å². The number of fused-ring (bicyclic) bond motifs is 1. The highest BCUT2D eigenvalue weighted by Crippen LogP contribution is 2.37. The Morgan fingerprint density at radius 2 is 1.90 bits per heavy atom. The van der Waals surface area contributed by atoms with Gasteiger partial charge in [-0.2, -0.15) is 0 Å². The second-order valence-corrected chi connectivity index (χ2v) is 9.70. The highest BCUT2D eigenvalue weighted by molar-refractivity contribution is 5.88. The van der Waals surface area contributed by atoms with Crippen molar-refractivity contribution in [2.75, 3.05) is 19.6 Å². The summed E-state index contributed by atoms with van der Waals surface area (Å²) < 4.78 is 0. The van der Waals surface area contributed by atoms with E-state index in [4.69, 9.17) is 0 Å². The van der Waals surface area contributed by atoms with Crippen molar-refractivity contribution in [3.63, 3.8) is 0 Å². The van der Waals surface area contributed by atoms with Gasteiger partial charge in [-0.3, -0.25) is 0 Å². The van der Waals surface area contributed by atoms with Crippen molar-refractivity contribution in [2.24, 2.45) is 11.8 Å². The molecule has 0 radical (unpaired) electrons. The number of aromatic nitrogens is 1.